The molecule has 0 saturated heterocycles. The number of carbonyl (C=O) groups is 1. The standard InChI is InChI=1S/C10H10N2O3S/c1-16(14,15)10-3-2-9(12-10)7-4-8(6-13)11-5-7/h2-6,11-12H,1H3. The minimum absolute atomic E-state index is 0.163. The summed E-state index contributed by atoms with van der Waals surface area (Å²) in [5, 5.41) is 0.163. The Labute approximate surface area is 92.4 Å². The molecule has 0 aromatic carbocycles. The first-order chi connectivity index (χ1) is 7.50. The van der Waals surface area contributed by atoms with Gasteiger partial charge in [0.2, 0.25) is 0 Å². The summed E-state index contributed by atoms with van der Waals surface area (Å²) in [6.07, 6.45) is 3.47. The van der Waals surface area contributed by atoms with Crippen LogP contribution in [-0.2, 0) is 9.84 Å². The van der Waals surface area contributed by atoms with Crippen LogP contribution >= 0.6 is 0 Å². The van der Waals surface area contributed by atoms with Crippen molar-refractivity contribution < 1.29 is 13.2 Å². The van der Waals surface area contributed by atoms with E-state index in [-0.39, 0.29) is 5.03 Å². The minimum atomic E-state index is -3.22. The molecule has 6 heteroatoms. The maximum atomic E-state index is 11.2. The molecule has 2 aromatic heterocycles. The van der Waals surface area contributed by atoms with E-state index < -0.39 is 9.84 Å². The molecule has 2 heterocycles. The highest BCUT2D eigenvalue weighted by Gasteiger charge is 2.11. The zero-order valence-electron chi connectivity index (χ0n) is 8.52. The van der Waals surface area contributed by atoms with E-state index in [2.05, 4.69) is 9.97 Å². The van der Waals surface area contributed by atoms with Crippen LogP contribution in [0.4, 0.5) is 0 Å². The predicted molar refractivity (Wildman–Crippen MR) is 59.1 cm³/mol. The Morgan fingerprint density at radius 2 is 2.06 bits per heavy atom. The summed E-state index contributed by atoms with van der Waals surface area (Å²) in [6, 6.07) is 4.80. The van der Waals surface area contributed by atoms with Crippen molar-refractivity contribution in [2.45, 2.75) is 5.03 Å². The number of aldehydes is 1. The Kier molecular flexibility index (Phi) is 2.43. The summed E-state index contributed by atoms with van der Waals surface area (Å²) in [5.74, 6) is 0. The van der Waals surface area contributed by atoms with Gasteiger partial charge >= 0.3 is 0 Å². The van der Waals surface area contributed by atoms with E-state index in [1.165, 1.54) is 6.07 Å². The SMILES string of the molecule is CS(=O)(=O)c1ccc(-c2c[nH]c(C=O)c2)[nH]1. The number of hydrogen-bond acceptors (Lipinski definition) is 3. The molecule has 0 radical (unpaired) electrons. The highest BCUT2D eigenvalue weighted by atomic mass is 32.2. The fourth-order valence-electron chi connectivity index (χ4n) is 1.40. The average molecular weight is 238 g/mol. The van der Waals surface area contributed by atoms with Gasteiger partial charge in [-0.05, 0) is 18.2 Å². The molecule has 0 aliphatic heterocycles. The molecule has 2 N–H and O–H groups in total. The van der Waals surface area contributed by atoms with E-state index in [4.69, 9.17) is 0 Å². The van der Waals surface area contributed by atoms with Crippen molar-refractivity contribution >= 4 is 16.1 Å². The first-order valence-corrected chi connectivity index (χ1v) is 6.43. The van der Waals surface area contributed by atoms with Crippen LogP contribution in [0.5, 0.6) is 0 Å². The van der Waals surface area contributed by atoms with Crippen molar-refractivity contribution in [2.75, 3.05) is 6.26 Å². The molecule has 0 amide bonds. The Morgan fingerprint density at radius 3 is 2.56 bits per heavy atom. The summed E-state index contributed by atoms with van der Waals surface area (Å²) in [4.78, 5) is 16.0. The number of sulfone groups is 1. The predicted octanol–water partition coefficient (Wildman–Crippen LogP) is 1.23. The van der Waals surface area contributed by atoms with E-state index in [0.717, 1.165) is 11.8 Å². The summed E-state index contributed by atoms with van der Waals surface area (Å²) in [5.41, 5.74) is 1.85. The van der Waals surface area contributed by atoms with Gasteiger partial charge in [0.25, 0.3) is 0 Å². The van der Waals surface area contributed by atoms with Gasteiger partial charge in [-0.15, -0.1) is 0 Å². The number of nitrogens with one attached hydrogen (secondary N) is 2. The van der Waals surface area contributed by atoms with E-state index >= 15 is 0 Å². The van der Waals surface area contributed by atoms with Gasteiger partial charge in [0, 0.05) is 23.7 Å². The van der Waals surface area contributed by atoms with Crippen molar-refractivity contribution in [3.63, 3.8) is 0 Å². The van der Waals surface area contributed by atoms with Crippen LogP contribution in [0.2, 0.25) is 0 Å². The Hall–Kier alpha value is -1.82. The van der Waals surface area contributed by atoms with Gasteiger partial charge in [0.15, 0.2) is 16.1 Å². The Balaban J connectivity index is 2.42. The van der Waals surface area contributed by atoms with Crippen molar-refractivity contribution in [1.29, 1.82) is 0 Å². The fourth-order valence-corrected chi connectivity index (χ4v) is 2.01. The van der Waals surface area contributed by atoms with Gasteiger partial charge in [-0.3, -0.25) is 4.79 Å². The van der Waals surface area contributed by atoms with Crippen LogP contribution in [0, 0.1) is 0 Å². The van der Waals surface area contributed by atoms with Gasteiger partial charge in [-0.1, -0.05) is 0 Å². The number of rotatable bonds is 3. The fraction of sp³-hybridized carbons (Fsp3) is 0.100. The molecule has 84 valence electrons. The van der Waals surface area contributed by atoms with E-state index in [0.29, 0.717) is 17.7 Å². The smallest absolute Gasteiger partial charge is 0.190 e. The maximum Gasteiger partial charge on any atom is 0.190 e. The second-order valence-electron chi connectivity index (χ2n) is 3.47. The van der Waals surface area contributed by atoms with Crippen molar-refractivity contribution in [2.24, 2.45) is 0 Å². The normalized spacial score (nSPS) is 11.6. The molecule has 0 atom stereocenters. The van der Waals surface area contributed by atoms with Crippen LogP contribution in [0.1, 0.15) is 10.5 Å². The average Bonchev–Trinajstić information content (AvgIpc) is 2.85. The molecule has 0 saturated carbocycles. The van der Waals surface area contributed by atoms with Gasteiger partial charge in [-0.25, -0.2) is 8.42 Å². The van der Waals surface area contributed by atoms with Crippen molar-refractivity contribution in [1.82, 2.24) is 9.97 Å². The van der Waals surface area contributed by atoms with Crippen molar-refractivity contribution in [3.8, 4) is 11.3 Å². The van der Waals surface area contributed by atoms with Crippen LogP contribution in [0.25, 0.3) is 11.3 Å². The van der Waals surface area contributed by atoms with E-state index in [1.807, 2.05) is 0 Å². The molecule has 0 aliphatic carbocycles. The number of carbonyl (C=O) groups excluding carboxylic acids is 1. The van der Waals surface area contributed by atoms with Gasteiger partial charge in [0.05, 0.1) is 5.69 Å². The molecule has 0 bridgehead atoms. The number of H-pyrrole nitrogens is 2. The largest absolute Gasteiger partial charge is 0.358 e. The van der Waals surface area contributed by atoms with Crippen molar-refractivity contribution in [3.05, 3.63) is 30.1 Å². The Bertz CT molecular complexity index is 622. The first-order valence-electron chi connectivity index (χ1n) is 4.54. The minimum Gasteiger partial charge on any atom is -0.358 e. The molecular formula is C10H10N2O3S. The number of aromatic nitrogens is 2. The summed E-state index contributed by atoms with van der Waals surface area (Å²) < 4.78 is 22.5. The highest BCUT2D eigenvalue weighted by Crippen LogP contribution is 2.20. The lowest BCUT2D eigenvalue weighted by atomic mass is 10.2. The Morgan fingerprint density at radius 1 is 1.31 bits per heavy atom. The molecule has 5 nitrogen and oxygen atoms in total. The highest BCUT2D eigenvalue weighted by molar-refractivity contribution is 7.90. The second kappa shape index (κ2) is 3.64. The molecule has 2 aromatic rings. The lowest BCUT2D eigenvalue weighted by Crippen LogP contribution is -1.96. The summed E-state index contributed by atoms with van der Waals surface area (Å²) in [6.45, 7) is 0. The molecule has 0 fully saturated rings. The molecule has 16 heavy (non-hydrogen) atoms. The lowest BCUT2D eigenvalue weighted by Gasteiger charge is -1.93. The zero-order chi connectivity index (χ0) is 11.8. The van der Waals surface area contributed by atoms with E-state index in [9.17, 15) is 13.2 Å². The quantitative estimate of drug-likeness (QED) is 0.789. The molecule has 2 rings (SSSR count). The zero-order valence-corrected chi connectivity index (χ0v) is 9.34. The van der Waals surface area contributed by atoms with E-state index in [1.54, 1.807) is 18.3 Å². The second-order valence-corrected chi connectivity index (χ2v) is 5.45. The van der Waals surface area contributed by atoms with Gasteiger partial charge < -0.3 is 9.97 Å². The number of aromatic amines is 2. The molecule has 0 unspecified atom stereocenters. The number of hydrogen-bond donors (Lipinski definition) is 2. The third-order valence-corrected chi connectivity index (χ3v) is 3.24. The molecule has 0 spiro atoms. The lowest BCUT2D eigenvalue weighted by molar-refractivity contribution is 0.111. The molecule has 0 aliphatic rings. The van der Waals surface area contributed by atoms with Crippen LogP contribution in [-0.4, -0.2) is 30.9 Å². The van der Waals surface area contributed by atoms with Gasteiger partial charge in [0.1, 0.15) is 5.03 Å². The maximum absolute atomic E-state index is 11.2. The monoisotopic (exact) mass is 238 g/mol. The topological polar surface area (TPSA) is 82.8 Å². The summed E-state index contributed by atoms with van der Waals surface area (Å²) >= 11 is 0. The van der Waals surface area contributed by atoms with Crippen LogP contribution in [0.15, 0.2) is 29.4 Å². The van der Waals surface area contributed by atoms with Gasteiger partial charge in [-0.2, -0.15) is 0 Å². The first kappa shape index (κ1) is 10.7. The van der Waals surface area contributed by atoms with Crippen LogP contribution in [0.3, 0.4) is 0 Å². The molecular weight excluding hydrogens is 228 g/mol. The van der Waals surface area contributed by atoms with Crippen LogP contribution < -0.4 is 0 Å². The summed E-state index contributed by atoms with van der Waals surface area (Å²) in [7, 11) is -3.22. The third-order valence-electron chi connectivity index (χ3n) is 2.20. The third kappa shape index (κ3) is 1.92.